The lowest BCUT2D eigenvalue weighted by atomic mass is 10.1. The van der Waals surface area contributed by atoms with E-state index in [4.69, 9.17) is 5.10 Å². The van der Waals surface area contributed by atoms with Gasteiger partial charge in [0.25, 0.3) is 5.56 Å². The number of benzene rings is 3. The van der Waals surface area contributed by atoms with E-state index in [1.54, 1.807) is 0 Å². The fraction of sp³-hybridized carbons (Fsp3) is 0.185. The smallest absolute Gasteiger partial charge is 0.257 e. The Hall–Kier alpha value is -4.06. The molecule has 0 atom stereocenters. The summed E-state index contributed by atoms with van der Waals surface area (Å²) in [6.07, 6.45) is 0. The fourth-order valence-electron chi connectivity index (χ4n) is 4.89. The number of piperazine rings is 1. The molecule has 6 rings (SSSR count). The van der Waals surface area contributed by atoms with Crippen LogP contribution < -0.4 is 15.4 Å². The molecular formula is C27H25N5O. The second kappa shape index (κ2) is 7.81. The van der Waals surface area contributed by atoms with Crippen LogP contribution in [0.3, 0.4) is 0 Å². The number of para-hydroxylation sites is 1. The van der Waals surface area contributed by atoms with Crippen molar-refractivity contribution in [1.29, 1.82) is 0 Å². The minimum absolute atomic E-state index is 0.0906. The Morgan fingerprint density at radius 1 is 0.697 bits per heavy atom. The van der Waals surface area contributed by atoms with Crippen molar-refractivity contribution in [2.75, 3.05) is 36.0 Å². The first-order valence-electron chi connectivity index (χ1n) is 11.3. The molecule has 6 heteroatoms. The van der Waals surface area contributed by atoms with Crippen molar-refractivity contribution in [2.24, 2.45) is 0 Å². The summed E-state index contributed by atoms with van der Waals surface area (Å²) in [7, 11) is 0. The van der Waals surface area contributed by atoms with E-state index >= 15 is 0 Å². The molecule has 2 aromatic heterocycles. The second-order valence-electron chi connectivity index (χ2n) is 8.55. The van der Waals surface area contributed by atoms with Crippen molar-refractivity contribution in [1.82, 2.24) is 14.8 Å². The molecule has 5 aromatic rings. The van der Waals surface area contributed by atoms with E-state index in [2.05, 4.69) is 69.4 Å². The number of rotatable bonds is 3. The van der Waals surface area contributed by atoms with Gasteiger partial charge in [-0.1, -0.05) is 36.4 Å². The molecule has 3 heterocycles. The summed E-state index contributed by atoms with van der Waals surface area (Å²) in [5.74, 6) is 0. The normalized spacial score (nSPS) is 14.3. The number of pyridine rings is 1. The third-order valence-corrected chi connectivity index (χ3v) is 6.59. The summed E-state index contributed by atoms with van der Waals surface area (Å²) in [6.45, 7) is 5.96. The molecule has 0 aliphatic carbocycles. The Balaban J connectivity index is 1.29. The first kappa shape index (κ1) is 19.6. The van der Waals surface area contributed by atoms with Crippen molar-refractivity contribution in [3.8, 4) is 5.69 Å². The van der Waals surface area contributed by atoms with Crippen molar-refractivity contribution in [2.45, 2.75) is 6.92 Å². The molecule has 1 saturated heterocycles. The van der Waals surface area contributed by atoms with E-state index in [1.807, 2.05) is 35.9 Å². The van der Waals surface area contributed by atoms with Gasteiger partial charge in [0.15, 0.2) is 0 Å². The summed E-state index contributed by atoms with van der Waals surface area (Å²) in [4.78, 5) is 20.6. The van der Waals surface area contributed by atoms with Gasteiger partial charge in [-0.25, -0.2) is 4.68 Å². The largest absolute Gasteiger partial charge is 0.368 e. The topological polar surface area (TPSA) is 57.2 Å². The van der Waals surface area contributed by atoms with Gasteiger partial charge in [-0.05, 0) is 49.4 Å². The highest BCUT2D eigenvalue weighted by atomic mass is 16.1. The SMILES string of the molecule is Cc1nn(-c2ccc(N3CCN(c4ccccc4)CC3)cc2)c2[nH]c(=O)c3ccccc3c12. The molecule has 1 aliphatic heterocycles. The number of nitrogens with one attached hydrogen (secondary N) is 1. The summed E-state index contributed by atoms with van der Waals surface area (Å²) in [6, 6.07) is 26.8. The number of hydrogen-bond donors (Lipinski definition) is 1. The average molecular weight is 436 g/mol. The molecule has 164 valence electrons. The highest BCUT2D eigenvalue weighted by Gasteiger charge is 2.18. The molecule has 33 heavy (non-hydrogen) atoms. The van der Waals surface area contributed by atoms with Crippen LogP contribution in [0, 0.1) is 6.92 Å². The van der Waals surface area contributed by atoms with Crippen LogP contribution in [-0.2, 0) is 0 Å². The molecule has 0 amide bonds. The highest BCUT2D eigenvalue weighted by Crippen LogP contribution is 2.27. The number of hydrogen-bond acceptors (Lipinski definition) is 4. The third-order valence-electron chi connectivity index (χ3n) is 6.59. The van der Waals surface area contributed by atoms with Crippen LogP contribution in [0.1, 0.15) is 5.69 Å². The van der Waals surface area contributed by atoms with Gasteiger partial charge in [-0.3, -0.25) is 4.79 Å². The maximum atomic E-state index is 12.7. The van der Waals surface area contributed by atoms with E-state index in [0.717, 1.165) is 54.0 Å². The monoisotopic (exact) mass is 435 g/mol. The van der Waals surface area contributed by atoms with E-state index in [-0.39, 0.29) is 5.56 Å². The lowest BCUT2D eigenvalue weighted by Crippen LogP contribution is -2.46. The number of anilines is 2. The third kappa shape index (κ3) is 3.35. The molecule has 1 aliphatic rings. The molecule has 0 bridgehead atoms. The van der Waals surface area contributed by atoms with Crippen LogP contribution in [0.15, 0.2) is 83.7 Å². The molecular weight excluding hydrogens is 410 g/mol. The van der Waals surface area contributed by atoms with Gasteiger partial charge in [0.1, 0.15) is 5.65 Å². The predicted octanol–water partition coefficient (Wildman–Crippen LogP) is 4.50. The number of nitrogens with zero attached hydrogens (tertiary/aromatic N) is 4. The second-order valence-corrected chi connectivity index (χ2v) is 8.55. The van der Waals surface area contributed by atoms with Gasteiger partial charge in [0.05, 0.1) is 11.4 Å². The van der Waals surface area contributed by atoms with Gasteiger partial charge >= 0.3 is 0 Å². The quantitative estimate of drug-likeness (QED) is 0.453. The zero-order valence-electron chi connectivity index (χ0n) is 18.5. The summed E-state index contributed by atoms with van der Waals surface area (Å²) in [5, 5.41) is 7.39. The maximum Gasteiger partial charge on any atom is 0.257 e. The first-order chi connectivity index (χ1) is 16.2. The molecule has 0 radical (unpaired) electrons. The number of aromatic amines is 1. The van der Waals surface area contributed by atoms with Crippen molar-refractivity contribution in [3.63, 3.8) is 0 Å². The Labute approximate surface area is 191 Å². The number of aromatic nitrogens is 3. The van der Waals surface area contributed by atoms with Crippen LogP contribution in [0.25, 0.3) is 27.5 Å². The van der Waals surface area contributed by atoms with Gasteiger partial charge < -0.3 is 14.8 Å². The van der Waals surface area contributed by atoms with Gasteiger partial charge in [0, 0.05) is 53.7 Å². The van der Waals surface area contributed by atoms with E-state index in [9.17, 15) is 4.79 Å². The van der Waals surface area contributed by atoms with Crippen LogP contribution in [0.2, 0.25) is 0 Å². The van der Waals surface area contributed by atoms with Gasteiger partial charge in [0.2, 0.25) is 0 Å². The molecule has 0 unspecified atom stereocenters. The Bertz CT molecular complexity index is 1490. The minimum atomic E-state index is -0.0906. The predicted molar refractivity (Wildman–Crippen MR) is 135 cm³/mol. The summed E-state index contributed by atoms with van der Waals surface area (Å²) in [5.41, 5.74) is 4.98. The molecule has 6 nitrogen and oxygen atoms in total. The number of fused-ring (bicyclic) bond motifs is 3. The average Bonchev–Trinajstić information content (AvgIpc) is 3.21. The van der Waals surface area contributed by atoms with Crippen LogP contribution in [0.5, 0.6) is 0 Å². The van der Waals surface area contributed by atoms with Crippen molar-refractivity contribution in [3.05, 3.63) is 94.9 Å². The van der Waals surface area contributed by atoms with E-state index < -0.39 is 0 Å². The molecule has 1 fully saturated rings. The number of H-pyrrole nitrogens is 1. The van der Waals surface area contributed by atoms with Gasteiger partial charge in [-0.2, -0.15) is 5.10 Å². The van der Waals surface area contributed by atoms with Crippen LogP contribution >= 0.6 is 0 Å². The molecule has 0 saturated carbocycles. The maximum absolute atomic E-state index is 12.7. The zero-order valence-corrected chi connectivity index (χ0v) is 18.5. The summed E-state index contributed by atoms with van der Waals surface area (Å²) >= 11 is 0. The standard InChI is InChI=1S/C27H25N5O/c1-19-25-23-9-5-6-10-24(23)27(33)28-26(25)32(29-19)22-13-11-21(12-14-22)31-17-15-30(16-18-31)20-7-3-2-4-8-20/h2-14H,15-18H2,1H3,(H,28,33). The van der Waals surface area contributed by atoms with Crippen LogP contribution in [0.4, 0.5) is 11.4 Å². The van der Waals surface area contributed by atoms with Crippen molar-refractivity contribution >= 4 is 33.2 Å². The Morgan fingerprint density at radius 3 is 1.91 bits per heavy atom. The fourth-order valence-corrected chi connectivity index (χ4v) is 4.89. The Morgan fingerprint density at radius 2 is 1.24 bits per heavy atom. The molecule has 3 aromatic carbocycles. The lowest BCUT2D eigenvalue weighted by molar-refractivity contribution is 0.653. The van der Waals surface area contributed by atoms with Crippen LogP contribution in [-0.4, -0.2) is 40.9 Å². The Kier molecular flexibility index (Phi) is 4.64. The van der Waals surface area contributed by atoms with Crippen molar-refractivity contribution < 1.29 is 0 Å². The zero-order chi connectivity index (χ0) is 22.4. The first-order valence-corrected chi connectivity index (χ1v) is 11.3. The number of aryl methyl sites for hydroxylation is 1. The molecule has 1 N–H and O–H groups in total. The lowest BCUT2D eigenvalue weighted by Gasteiger charge is -2.37. The molecule has 0 spiro atoms. The minimum Gasteiger partial charge on any atom is -0.368 e. The highest BCUT2D eigenvalue weighted by molar-refractivity contribution is 6.05. The van der Waals surface area contributed by atoms with E-state index in [0.29, 0.717) is 5.39 Å². The van der Waals surface area contributed by atoms with Gasteiger partial charge in [-0.15, -0.1) is 0 Å². The summed E-state index contributed by atoms with van der Waals surface area (Å²) < 4.78 is 1.84. The van der Waals surface area contributed by atoms with E-state index in [1.165, 1.54) is 11.4 Å².